The van der Waals surface area contributed by atoms with E-state index in [4.69, 9.17) is 53.8 Å². The minimum Gasteiger partial charge on any atom is -0.444 e. The molecule has 0 aromatic rings. The molecule has 13 nitrogen and oxygen atoms in total. The Kier molecular flexibility index (Phi) is 35.0. The van der Waals surface area contributed by atoms with Crippen LogP contribution in [0.5, 0.6) is 0 Å². The van der Waals surface area contributed by atoms with E-state index in [1.54, 1.807) is 41.5 Å². The van der Waals surface area contributed by atoms with Crippen LogP contribution in [0.15, 0.2) is 0 Å². The summed E-state index contributed by atoms with van der Waals surface area (Å²) in [6.45, 7) is 27.2. The van der Waals surface area contributed by atoms with Gasteiger partial charge in [0.2, 0.25) is 0 Å². The van der Waals surface area contributed by atoms with E-state index in [-0.39, 0.29) is 32.4 Å². The lowest BCUT2D eigenvalue weighted by atomic mass is 10.1. The zero-order valence-corrected chi connectivity index (χ0v) is 32.2. The van der Waals surface area contributed by atoms with E-state index in [1.165, 1.54) is 13.8 Å². The summed E-state index contributed by atoms with van der Waals surface area (Å²) in [5.41, 5.74) is -3.35. The number of aliphatic hydroxyl groups is 1. The van der Waals surface area contributed by atoms with Crippen LogP contribution in [0.4, 0.5) is 19.2 Å². The van der Waals surface area contributed by atoms with Gasteiger partial charge in [-0.2, -0.15) is 0 Å². The lowest BCUT2D eigenvalue weighted by Gasteiger charge is -2.24. The normalized spacial score (nSPS) is 13.1. The number of hydrogen-bond donors (Lipinski definition) is 3. The highest BCUT2D eigenvalue weighted by molar-refractivity contribution is 6.61. The summed E-state index contributed by atoms with van der Waals surface area (Å²) in [5.74, 6) is 0.132. The van der Waals surface area contributed by atoms with Gasteiger partial charge in [0.05, 0.1) is 12.6 Å². The zero-order valence-electron chi connectivity index (χ0n) is 30.0. The molecular formula is C31H63Cl3N2O11. The number of alkyl carbamates (subject to hydrolysis) is 2. The van der Waals surface area contributed by atoms with Crippen LogP contribution < -0.4 is 10.6 Å². The Hall–Kier alpha value is -1.93. The third kappa shape index (κ3) is 48.6. The average Bonchev–Trinajstić information content (AvgIpc) is 2.83. The number of nitrogens with one attached hydrogen (secondary N) is 2. The van der Waals surface area contributed by atoms with E-state index in [1.807, 2.05) is 41.5 Å². The molecule has 4 unspecified atom stereocenters. The van der Waals surface area contributed by atoms with Crippen LogP contribution >= 0.6 is 34.8 Å². The van der Waals surface area contributed by atoms with Crippen LogP contribution in [0, 0.1) is 11.8 Å². The molecule has 0 heterocycles. The molecule has 0 saturated carbocycles. The van der Waals surface area contributed by atoms with Gasteiger partial charge < -0.3 is 44.2 Å². The molecule has 16 heteroatoms. The third-order valence-corrected chi connectivity index (χ3v) is 4.65. The first kappa shape index (κ1) is 54.5. The molecule has 0 bridgehead atoms. The van der Waals surface area contributed by atoms with Crippen molar-refractivity contribution >= 4 is 58.6 Å². The maximum Gasteiger partial charge on any atom is 0.510 e. The fourth-order valence-electron chi connectivity index (χ4n) is 2.27. The highest BCUT2D eigenvalue weighted by Crippen LogP contribution is 2.11. The predicted octanol–water partition coefficient (Wildman–Crippen LogP) is 8.43. The molecule has 3 N–H and O–H groups in total. The average molecular weight is 746 g/mol. The number of carbonyl (C=O) groups excluding carboxylic acids is 4. The second-order valence-corrected chi connectivity index (χ2v) is 13.6. The number of amides is 2. The molecular weight excluding hydrogens is 683 g/mol. The van der Waals surface area contributed by atoms with Crippen molar-refractivity contribution < 1.29 is 52.7 Å². The first-order chi connectivity index (χ1) is 20.8. The first-order valence-electron chi connectivity index (χ1n) is 15.0. The van der Waals surface area contributed by atoms with Crippen molar-refractivity contribution in [3.05, 3.63) is 0 Å². The van der Waals surface area contributed by atoms with E-state index in [0.717, 1.165) is 13.2 Å². The molecule has 4 atom stereocenters. The summed E-state index contributed by atoms with van der Waals surface area (Å²) in [4.78, 5) is 43.7. The van der Waals surface area contributed by atoms with Crippen molar-refractivity contribution in [1.29, 1.82) is 0 Å². The number of halogens is 3. The Morgan fingerprint density at radius 3 is 1.30 bits per heavy atom. The van der Waals surface area contributed by atoms with Gasteiger partial charge in [0.25, 0.3) is 0 Å². The molecule has 0 rings (SSSR count). The van der Waals surface area contributed by atoms with Crippen molar-refractivity contribution in [1.82, 2.24) is 10.6 Å². The number of carbonyl (C=O) groups is 4. The Balaban J connectivity index is -0.000000188. The van der Waals surface area contributed by atoms with E-state index in [9.17, 15) is 24.3 Å². The van der Waals surface area contributed by atoms with Crippen molar-refractivity contribution in [2.45, 2.75) is 139 Å². The van der Waals surface area contributed by atoms with Gasteiger partial charge in [-0.1, -0.05) is 58.3 Å². The van der Waals surface area contributed by atoms with Crippen LogP contribution in [-0.2, 0) is 28.4 Å². The van der Waals surface area contributed by atoms with E-state index >= 15 is 0 Å². The van der Waals surface area contributed by atoms with Gasteiger partial charge in [-0.05, 0) is 81.1 Å². The highest BCUT2D eigenvalue weighted by Gasteiger charge is 2.23. The summed E-state index contributed by atoms with van der Waals surface area (Å²) in [5, 5.41) is 14.5. The zero-order chi connectivity index (χ0) is 37.3. The Morgan fingerprint density at radius 2 is 1.06 bits per heavy atom. The van der Waals surface area contributed by atoms with E-state index in [0.29, 0.717) is 0 Å². The standard InChI is InChI=1S/C13H24ClNO5.C10H21NO3.C4H10O.C3H4Cl2O2.CH4/c1-8(2)10(19-12(17)18-9(3)14)7-15-11(16)20-13(4,5)6;1-7(2)8(12)6-11-9(13)14-10(3,4)5;1-3-5-4-2;1-2(4)7-3(5)6;/h8-10H,7H2,1-6H3,(H,15,16);7-8,12H,6H2,1-5H3,(H,11,13);3-4H2,1-2H3;2H,1H3;1H4. The fourth-order valence-corrected chi connectivity index (χ4v) is 2.60. The number of ether oxygens (including phenoxy) is 6. The molecule has 0 fully saturated rings. The van der Waals surface area contributed by atoms with Crippen molar-refractivity contribution in [2.24, 2.45) is 11.8 Å². The maximum atomic E-state index is 11.5. The summed E-state index contributed by atoms with van der Waals surface area (Å²) >= 11 is 15.4. The third-order valence-electron chi connectivity index (χ3n) is 4.38. The van der Waals surface area contributed by atoms with Crippen molar-refractivity contribution in [2.75, 3.05) is 26.3 Å². The quantitative estimate of drug-likeness (QED) is 0.0803. The molecule has 0 saturated heterocycles. The van der Waals surface area contributed by atoms with Crippen LogP contribution in [0.2, 0.25) is 0 Å². The summed E-state index contributed by atoms with van der Waals surface area (Å²) in [6.07, 6.45) is -2.96. The molecule has 0 aliphatic rings. The van der Waals surface area contributed by atoms with Gasteiger partial charge in [-0.3, -0.25) is 0 Å². The van der Waals surface area contributed by atoms with Crippen LogP contribution in [0.1, 0.15) is 104 Å². The first-order valence-corrected chi connectivity index (χ1v) is 16.2. The minimum absolute atomic E-state index is 0. The smallest absolute Gasteiger partial charge is 0.444 e. The topological polar surface area (TPSA) is 168 Å². The van der Waals surface area contributed by atoms with Gasteiger partial charge >= 0.3 is 23.8 Å². The van der Waals surface area contributed by atoms with Gasteiger partial charge in [-0.15, -0.1) is 0 Å². The monoisotopic (exact) mass is 744 g/mol. The summed E-state index contributed by atoms with van der Waals surface area (Å²) in [7, 11) is 0. The number of rotatable bonds is 11. The van der Waals surface area contributed by atoms with Crippen LogP contribution in [0.3, 0.4) is 0 Å². The fraction of sp³-hybridized carbons (Fsp3) is 0.871. The number of alkyl halides is 2. The van der Waals surface area contributed by atoms with E-state index in [2.05, 4.69) is 20.1 Å². The van der Waals surface area contributed by atoms with Crippen molar-refractivity contribution in [3.8, 4) is 0 Å². The lowest BCUT2D eigenvalue weighted by Crippen LogP contribution is -2.40. The molecule has 0 spiro atoms. The number of aliphatic hydroxyl groups excluding tert-OH is 1. The Labute approximate surface area is 298 Å². The Morgan fingerprint density at radius 1 is 0.681 bits per heavy atom. The lowest BCUT2D eigenvalue weighted by molar-refractivity contribution is 0.00114. The second kappa shape index (κ2) is 30.2. The Bertz CT molecular complexity index is 816. The number of hydrogen-bond acceptors (Lipinski definition) is 11. The van der Waals surface area contributed by atoms with Gasteiger partial charge in [-0.25, -0.2) is 19.2 Å². The van der Waals surface area contributed by atoms with Gasteiger partial charge in [0.1, 0.15) is 17.3 Å². The molecule has 0 radical (unpaired) electrons. The molecule has 47 heavy (non-hydrogen) atoms. The second-order valence-electron chi connectivity index (χ2n) is 12.1. The highest BCUT2D eigenvalue weighted by atomic mass is 35.5. The molecule has 0 aliphatic carbocycles. The molecule has 0 aromatic carbocycles. The van der Waals surface area contributed by atoms with Gasteiger partial charge in [0, 0.05) is 31.4 Å². The molecule has 0 aliphatic heterocycles. The summed E-state index contributed by atoms with van der Waals surface area (Å²) < 4.78 is 28.8. The molecule has 2 amide bonds. The maximum absolute atomic E-state index is 11.5. The summed E-state index contributed by atoms with van der Waals surface area (Å²) in [6, 6.07) is 0. The van der Waals surface area contributed by atoms with Crippen LogP contribution in [0.25, 0.3) is 0 Å². The SMILES string of the molecule is C.CC(C)C(O)CNC(=O)OC(C)(C)C.CC(Cl)OC(=O)Cl.CC(Cl)OC(=O)OC(CNC(=O)OC(C)(C)C)C(C)C.CCOCC. The van der Waals surface area contributed by atoms with Crippen molar-refractivity contribution in [3.63, 3.8) is 0 Å². The predicted molar refractivity (Wildman–Crippen MR) is 187 cm³/mol. The minimum atomic E-state index is -0.873. The molecule has 0 aromatic heterocycles. The largest absolute Gasteiger partial charge is 0.510 e. The van der Waals surface area contributed by atoms with Gasteiger partial charge in [0.15, 0.2) is 11.1 Å². The van der Waals surface area contributed by atoms with E-state index < -0.39 is 58.3 Å². The molecule has 284 valence electrons. The van der Waals surface area contributed by atoms with Crippen LogP contribution in [-0.4, -0.2) is 89.7 Å².